The quantitative estimate of drug-likeness (QED) is 0.314. The van der Waals surface area contributed by atoms with Crippen LogP contribution in [0.4, 0.5) is 4.39 Å². The second-order valence-corrected chi connectivity index (χ2v) is 12.9. The molecule has 2 atom stereocenters. The molecule has 3 nitrogen and oxygen atoms in total. The molecule has 5 rings (SSSR count). The van der Waals surface area contributed by atoms with Crippen LogP contribution in [0, 0.1) is 57.2 Å². The summed E-state index contributed by atoms with van der Waals surface area (Å²) in [7, 11) is 0. The van der Waals surface area contributed by atoms with E-state index in [2.05, 4.69) is 72.7 Å². The van der Waals surface area contributed by atoms with Gasteiger partial charge < -0.3 is 14.2 Å². The van der Waals surface area contributed by atoms with E-state index in [0.717, 1.165) is 43.1 Å². The maximum absolute atomic E-state index is 12.6. The van der Waals surface area contributed by atoms with E-state index >= 15 is 0 Å². The van der Waals surface area contributed by atoms with Crippen LogP contribution < -0.4 is 0 Å². The standard InChI is InChI=1S/C8H9F.C8H16.C8H10.C7H14O.C6H12O2/c1-6-3-4-7(2)8(9)5-6;2*1-7-3-5-8(2)6-4-7;1-6-3-4-7(2)8-5-6;1-5-3-7-6(2)8-4-5/h3-5H,1-2H3;7-8H,3-6H2,1-2H3;3-6H,1-2H3;6-7H,3-5H2,1-2H3;5-6H,3-4H2,1-2H3. The lowest BCUT2D eigenvalue weighted by molar-refractivity contribution is -0.187. The Bertz CT molecular complexity index is 806. The van der Waals surface area contributed by atoms with Crippen molar-refractivity contribution in [1.29, 1.82) is 0 Å². The first-order valence-electron chi connectivity index (χ1n) is 16.0. The summed E-state index contributed by atoms with van der Waals surface area (Å²) in [6.45, 7) is 23.7. The minimum atomic E-state index is -0.116. The topological polar surface area (TPSA) is 27.7 Å². The molecule has 4 heteroatoms. The van der Waals surface area contributed by atoms with Crippen LogP contribution in [0.5, 0.6) is 0 Å². The number of benzene rings is 2. The molecular formula is C37H61FO3. The Morgan fingerprint density at radius 2 is 0.927 bits per heavy atom. The molecule has 0 amide bonds. The molecule has 0 bridgehead atoms. The second-order valence-electron chi connectivity index (χ2n) is 12.9. The summed E-state index contributed by atoms with van der Waals surface area (Å²) in [6, 6.07) is 13.7. The number of halogens is 1. The fourth-order valence-corrected chi connectivity index (χ4v) is 4.47. The summed E-state index contributed by atoms with van der Waals surface area (Å²) in [5, 5.41) is 0. The third-order valence-corrected chi connectivity index (χ3v) is 7.81. The summed E-state index contributed by atoms with van der Waals surface area (Å²) in [4.78, 5) is 0. The molecule has 0 aromatic heterocycles. The van der Waals surface area contributed by atoms with Gasteiger partial charge in [-0.05, 0) is 89.3 Å². The third kappa shape index (κ3) is 19.1. The van der Waals surface area contributed by atoms with Crippen LogP contribution in [0.15, 0.2) is 42.5 Å². The molecule has 0 spiro atoms. The first kappa shape index (κ1) is 37.3. The van der Waals surface area contributed by atoms with Crippen molar-refractivity contribution in [1.82, 2.24) is 0 Å². The van der Waals surface area contributed by atoms with Crippen molar-refractivity contribution < 1.29 is 18.6 Å². The van der Waals surface area contributed by atoms with Crippen molar-refractivity contribution in [3.8, 4) is 0 Å². The summed E-state index contributed by atoms with van der Waals surface area (Å²) in [5.41, 5.74) is 4.34. The van der Waals surface area contributed by atoms with Gasteiger partial charge in [0.1, 0.15) is 5.82 Å². The highest BCUT2D eigenvalue weighted by molar-refractivity contribution is 5.21. The summed E-state index contributed by atoms with van der Waals surface area (Å²) >= 11 is 0. The van der Waals surface area contributed by atoms with Gasteiger partial charge in [0.2, 0.25) is 0 Å². The number of ether oxygens (including phenoxy) is 3. The third-order valence-electron chi connectivity index (χ3n) is 7.81. The van der Waals surface area contributed by atoms with E-state index in [9.17, 15) is 4.39 Å². The van der Waals surface area contributed by atoms with Gasteiger partial charge in [-0.2, -0.15) is 0 Å². The highest BCUT2D eigenvalue weighted by Gasteiger charge is 2.14. The van der Waals surface area contributed by atoms with Crippen LogP contribution in [0.25, 0.3) is 0 Å². The summed E-state index contributed by atoms with van der Waals surface area (Å²) in [6.07, 6.45) is 9.03. The molecular weight excluding hydrogens is 511 g/mol. The van der Waals surface area contributed by atoms with Crippen LogP contribution in [-0.2, 0) is 14.2 Å². The first-order valence-corrected chi connectivity index (χ1v) is 16.0. The smallest absolute Gasteiger partial charge is 0.154 e. The van der Waals surface area contributed by atoms with E-state index in [1.807, 2.05) is 19.9 Å². The van der Waals surface area contributed by atoms with Gasteiger partial charge in [-0.15, -0.1) is 0 Å². The van der Waals surface area contributed by atoms with Gasteiger partial charge >= 0.3 is 0 Å². The lowest BCUT2D eigenvalue weighted by Crippen LogP contribution is -2.27. The molecule has 2 unspecified atom stereocenters. The lowest BCUT2D eigenvalue weighted by Gasteiger charge is -2.24. The predicted octanol–water partition coefficient (Wildman–Crippen LogP) is 10.4. The molecule has 2 aromatic rings. The Morgan fingerprint density at radius 1 is 0.512 bits per heavy atom. The van der Waals surface area contributed by atoms with E-state index < -0.39 is 0 Å². The summed E-state index contributed by atoms with van der Waals surface area (Å²) in [5.74, 6) is 3.30. The monoisotopic (exact) mass is 572 g/mol. The molecule has 2 aliphatic heterocycles. The Balaban J connectivity index is 0.000000256. The first-order chi connectivity index (χ1) is 19.3. The lowest BCUT2D eigenvalue weighted by atomic mass is 9.84. The molecule has 234 valence electrons. The zero-order valence-electron chi connectivity index (χ0n) is 28.0. The molecule has 1 saturated carbocycles. The highest BCUT2D eigenvalue weighted by Crippen LogP contribution is 2.27. The molecule has 0 radical (unpaired) electrons. The van der Waals surface area contributed by atoms with Gasteiger partial charge in [0.15, 0.2) is 6.29 Å². The van der Waals surface area contributed by atoms with Crippen LogP contribution in [0.1, 0.15) is 102 Å². The van der Waals surface area contributed by atoms with Crippen LogP contribution in [0.3, 0.4) is 0 Å². The number of rotatable bonds is 0. The molecule has 3 aliphatic rings. The Hall–Kier alpha value is -1.75. The molecule has 0 N–H and O–H groups in total. The zero-order valence-corrected chi connectivity index (χ0v) is 28.0. The maximum Gasteiger partial charge on any atom is 0.154 e. The Morgan fingerprint density at radius 3 is 1.27 bits per heavy atom. The number of aryl methyl sites for hydroxylation is 4. The van der Waals surface area contributed by atoms with Crippen molar-refractivity contribution in [2.45, 2.75) is 120 Å². The Labute approximate surface area is 252 Å². The predicted molar refractivity (Wildman–Crippen MR) is 173 cm³/mol. The number of hydrogen-bond acceptors (Lipinski definition) is 3. The number of hydrogen-bond donors (Lipinski definition) is 0. The van der Waals surface area contributed by atoms with E-state index in [1.54, 1.807) is 13.0 Å². The van der Waals surface area contributed by atoms with E-state index in [0.29, 0.717) is 17.6 Å². The molecule has 2 saturated heterocycles. The largest absolute Gasteiger partial charge is 0.378 e. The minimum Gasteiger partial charge on any atom is -0.378 e. The van der Waals surface area contributed by atoms with Gasteiger partial charge in [0, 0.05) is 12.5 Å². The van der Waals surface area contributed by atoms with Gasteiger partial charge in [-0.25, -0.2) is 4.39 Å². The van der Waals surface area contributed by atoms with Crippen LogP contribution in [-0.4, -0.2) is 32.2 Å². The van der Waals surface area contributed by atoms with Crippen molar-refractivity contribution in [2.75, 3.05) is 19.8 Å². The van der Waals surface area contributed by atoms with E-state index in [1.165, 1.54) is 55.7 Å². The highest BCUT2D eigenvalue weighted by atomic mass is 19.1. The minimum absolute atomic E-state index is 0.0196. The van der Waals surface area contributed by atoms with Gasteiger partial charge in [0.05, 0.1) is 19.3 Å². The molecule has 3 fully saturated rings. The van der Waals surface area contributed by atoms with E-state index in [4.69, 9.17) is 14.2 Å². The molecule has 2 heterocycles. The SMILES string of the molecule is CC1CCC(C)CC1.CC1CCC(C)OC1.CC1COC(C)OC1.Cc1ccc(C)c(F)c1.Cc1ccc(C)cc1. The van der Waals surface area contributed by atoms with Crippen molar-refractivity contribution in [3.63, 3.8) is 0 Å². The zero-order chi connectivity index (χ0) is 30.8. The van der Waals surface area contributed by atoms with Crippen LogP contribution in [0.2, 0.25) is 0 Å². The fraction of sp³-hybridized carbons (Fsp3) is 0.676. The van der Waals surface area contributed by atoms with Crippen molar-refractivity contribution in [2.24, 2.45) is 23.7 Å². The average molecular weight is 573 g/mol. The fourth-order valence-electron chi connectivity index (χ4n) is 4.47. The second kappa shape index (κ2) is 21.0. The van der Waals surface area contributed by atoms with Gasteiger partial charge in [0.25, 0.3) is 0 Å². The Kier molecular flexibility index (Phi) is 19.1. The molecule has 1 aliphatic carbocycles. The van der Waals surface area contributed by atoms with Gasteiger partial charge in [-0.3, -0.25) is 0 Å². The maximum atomic E-state index is 12.6. The molecule has 2 aromatic carbocycles. The van der Waals surface area contributed by atoms with Crippen molar-refractivity contribution >= 4 is 0 Å². The van der Waals surface area contributed by atoms with Gasteiger partial charge in [-0.1, -0.05) is 101 Å². The van der Waals surface area contributed by atoms with Crippen LogP contribution >= 0.6 is 0 Å². The average Bonchev–Trinajstić information content (AvgIpc) is 2.94. The van der Waals surface area contributed by atoms with Crippen molar-refractivity contribution in [3.05, 3.63) is 70.5 Å². The summed E-state index contributed by atoms with van der Waals surface area (Å²) < 4.78 is 28.3. The van der Waals surface area contributed by atoms with E-state index in [-0.39, 0.29) is 12.1 Å². The molecule has 41 heavy (non-hydrogen) atoms. The normalized spacial score (nSPS) is 27.2.